The normalized spacial score (nSPS) is 18.6. The molecule has 0 aliphatic carbocycles. The highest BCUT2D eigenvalue weighted by Crippen LogP contribution is 2.24. The Morgan fingerprint density at radius 1 is 1.35 bits per heavy atom. The molecule has 1 fully saturated rings. The van der Waals surface area contributed by atoms with Crippen molar-refractivity contribution in [2.75, 3.05) is 6.61 Å². The lowest BCUT2D eigenvalue weighted by Crippen LogP contribution is -2.43. The number of ether oxygens (including phenoxy) is 1. The van der Waals surface area contributed by atoms with Crippen LogP contribution in [0.15, 0.2) is 30.3 Å². The number of aldehydes is 1. The lowest BCUT2D eigenvalue weighted by Gasteiger charge is -2.24. The quantitative estimate of drug-likeness (QED) is 0.692. The first-order valence-electron chi connectivity index (χ1n) is 8.14. The Balaban J connectivity index is 2.10. The lowest BCUT2D eigenvalue weighted by atomic mass is 9.95. The molecule has 5 nitrogen and oxygen atoms in total. The Kier molecular flexibility index (Phi) is 6.32. The summed E-state index contributed by atoms with van der Waals surface area (Å²) in [4.78, 5) is 36.6. The van der Waals surface area contributed by atoms with E-state index in [-0.39, 0.29) is 24.5 Å². The van der Waals surface area contributed by atoms with Gasteiger partial charge in [-0.15, -0.1) is 0 Å². The first kappa shape index (κ1) is 17.2. The zero-order chi connectivity index (χ0) is 16.7. The number of cyclic esters (lactones) is 1. The largest absolute Gasteiger partial charge is 0.447 e. The zero-order valence-corrected chi connectivity index (χ0v) is 13.4. The number of amides is 2. The number of imide groups is 1. The molecule has 0 radical (unpaired) electrons. The summed E-state index contributed by atoms with van der Waals surface area (Å²) in [7, 11) is 0. The van der Waals surface area contributed by atoms with Crippen molar-refractivity contribution in [1.29, 1.82) is 0 Å². The molecule has 0 unspecified atom stereocenters. The van der Waals surface area contributed by atoms with Gasteiger partial charge in [-0.1, -0.05) is 43.7 Å². The maximum atomic E-state index is 12.8. The third kappa shape index (κ3) is 4.41. The first-order valence-corrected chi connectivity index (χ1v) is 8.14. The summed E-state index contributed by atoms with van der Waals surface area (Å²) < 4.78 is 5.10. The molecule has 124 valence electrons. The Morgan fingerprint density at radius 3 is 2.74 bits per heavy atom. The van der Waals surface area contributed by atoms with E-state index in [1.807, 2.05) is 37.3 Å². The van der Waals surface area contributed by atoms with Gasteiger partial charge in [-0.25, -0.2) is 9.69 Å². The van der Waals surface area contributed by atoms with Gasteiger partial charge >= 0.3 is 6.09 Å². The molecule has 1 aliphatic heterocycles. The molecule has 1 aliphatic rings. The molecule has 1 aromatic carbocycles. The van der Waals surface area contributed by atoms with Gasteiger partial charge in [0.1, 0.15) is 12.9 Å². The minimum Gasteiger partial charge on any atom is -0.447 e. The number of benzene rings is 1. The molecule has 23 heavy (non-hydrogen) atoms. The van der Waals surface area contributed by atoms with Crippen molar-refractivity contribution in [2.45, 2.75) is 45.1 Å². The highest BCUT2D eigenvalue weighted by molar-refractivity contribution is 5.94. The lowest BCUT2D eigenvalue weighted by molar-refractivity contribution is -0.134. The minimum atomic E-state index is -0.567. The van der Waals surface area contributed by atoms with E-state index in [0.717, 1.165) is 18.3 Å². The number of carbonyl (C=O) groups is 3. The second kappa shape index (κ2) is 8.46. The fourth-order valence-corrected chi connectivity index (χ4v) is 2.97. The van der Waals surface area contributed by atoms with Crippen LogP contribution in [-0.4, -0.2) is 35.8 Å². The molecule has 0 N–H and O–H groups in total. The van der Waals surface area contributed by atoms with Gasteiger partial charge < -0.3 is 9.53 Å². The Bertz CT molecular complexity index is 543. The monoisotopic (exact) mass is 317 g/mol. The molecule has 0 spiro atoms. The van der Waals surface area contributed by atoms with E-state index in [1.165, 1.54) is 4.90 Å². The zero-order valence-electron chi connectivity index (χ0n) is 13.4. The van der Waals surface area contributed by atoms with Gasteiger partial charge in [-0.05, 0) is 24.8 Å². The molecular weight excluding hydrogens is 294 g/mol. The van der Waals surface area contributed by atoms with Crippen LogP contribution in [0.4, 0.5) is 4.79 Å². The fraction of sp³-hybridized carbons (Fsp3) is 0.500. The van der Waals surface area contributed by atoms with E-state index in [2.05, 4.69) is 0 Å². The van der Waals surface area contributed by atoms with E-state index >= 15 is 0 Å². The predicted octanol–water partition coefficient (Wildman–Crippen LogP) is 2.97. The van der Waals surface area contributed by atoms with Crippen LogP contribution in [0.3, 0.4) is 0 Å². The Hall–Kier alpha value is -2.17. The van der Waals surface area contributed by atoms with Gasteiger partial charge in [-0.2, -0.15) is 0 Å². The van der Waals surface area contributed by atoms with Crippen molar-refractivity contribution in [3.63, 3.8) is 0 Å². The second-order valence-electron chi connectivity index (χ2n) is 5.86. The van der Waals surface area contributed by atoms with Gasteiger partial charge in [-0.3, -0.25) is 4.79 Å². The number of rotatable bonds is 8. The average molecular weight is 317 g/mol. The van der Waals surface area contributed by atoms with E-state index in [4.69, 9.17) is 4.74 Å². The molecule has 2 rings (SSSR count). The summed E-state index contributed by atoms with van der Waals surface area (Å²) in [5.41, 5.74) is 1.06. The molecule has 1 saturated heterocycles. The van der Waals surface area contributed by atoms with Gasteiger partial charge in [0.25, 0.3) is 0 Å². The van der Waals surface area contributed by atoms with Crippen LogP contribution < -0.4 is 0 Å². The topological polar surface area (TPSA) is 63.7 Å². The standard InChI is InChI=1S/C18H23NO4/c1-2-7-15(10-6-11-20)17(21)19-16(13-23-18(19)22)12-14-8-4-3-5-9-14/h3-5,8-9,11,15-16H,2,6-7,10,12-13H2,1H3/t15-,16-/m0/s1. The molecule has 2 atom stereocenters. The molecule has 0 bridgehead atoms. The van der Waals surface area contributed by atoms with Crippen molar-refractivity contribution < 1.29 is 19.1 Å². The summed E-state index contributed by atoms with van der Waals surface area (Å²) in [5, 5.41) is 0. The molecule has 0 saturated carbocycles. The molecular formula is C18H23NO4. The summed E-state index contributed by atoms with van der Waals surface area (Å²) in [6.45, 7) is 2.22. The molecule has 0 aromatic heterocycles. The smallest absolute Gasteiger partial charge is 0.416 e. The van der Waals surface area contributed by atoms with Crippen LogP contribution >= 0.6 is 0 Å². The van der Waals surface area contributed by atoms with Crippen LogP contribution in [-0.2, 0) is 20.7 Å². The van der Waals surface area contributed by atoms with Gasteiger partial charge in [0.2, 0.25) is 5.91 Å². The summed E-state index contributed by atoms with van der Waals surface area (Å²) in [6, 6.07) is 9.47. The van der Waals surface area contributed by atoms with E-state index < -0.39 is 6.09 Å². The maximum absolute atomic E-state index is 12.8. The summed E-state index contributed by atoms with van der Waals surface area (Å²) in [5.74, 6) is -0.508. The number of nitrogens with zero attached hydrogens (tertiary/aromatic N) is 1. The molecule has 5 heteroatoms. The van der Waals surface area contributed by atoms with Crippen LogP contribution in [0.1, 0.15) is 38.2 Å². The minimum absolute atomic E-state index is 0.211. The Labute approximate surface area is 136 Å². The predicted molar refractivity (Wildman–Crippen MR) is 85.8 cm³/mol. The molecule has 2 amide bonds. The Morgan fingerprint density at radius 2 is 2.09 bits per heavy atom. The van der Waals surface area contributed by atoms with Crippen LogP contribution in [0.2, 0.25) is 0 Å². The van der Waals surface area contributed by atoms with Crippen molar-refractivity contribution in [3.05, 3.63) is 35.9 Å². The summed E-state index contributed by atoms with van der Waals surface area (Å²) in [6.07, 6.45) is 3.17. The summed E-state index contributed by atoms with van der Waals surface area (Å²) >= 11 is 0. The van der Waals surface area contributed by atoms with E-state index in [0.29, 0.717) is 25.7 Å². The fourth-order valence-electron chi connectivity index (χ4n) is 2.97. The first-order chi connectivity index (χ1) is 11.2. The maximum Gasteiger partial charge on any atom is 0.416 e. The highest BCUT2D eigenvalue weighted by atomic mass is 16.6. The van der Waals surface area contributed by atoms with Crippen molar-refractivity contribution in [3.8, 4) is 0 Å². The highest BCUT2D eigenvalue weighted by Gasteiger charge is 2.40. The number of hydrogen-bond donors (Lipinski definition) is 0. The van der Waals surface area contributed by atoms with Gasteiger partial charge in [0, 0.05) is 12.3 Å². The van der Waals surface area contributed by atoms with Crippen molar-refractivity contribution in [1.82, 2.24) is 4.90 Å². The van der Waals surface area contributed by atoms with E-state index in [1.54, 1.807) is 0 Å². The second-order valence-corrected chi connectivity index (χ2v) is 5.86. The van der Waals surface area contributed by atoms with E-state index in [9.17, 15) is 14.4 Å². The van der Waals surface area contributed by atoms with Crippen LogP contribution in [0.25, 0.3) is 0 Å². The van der Waals surface area contributed by atoms with Crippen molar-refractivity contribution in [2.24, 2.45) is 5.92 Å². The van der Waals surface area contributed by atoms with Gasteiger partial charge in [0.05, 0.1) is 6.04 Å². The SMILES string of the molecule is CCC[C@@H](CCC=O)C(=O)N1C(=O)OC[C@@H]1Cc1ccccc1. The molecule has 1 aromatic rings. The third-order valence-corrected chi connectivity index (χ3v) is 4.13. The average Bonchev–Trinajstić information content (AvgIpc) is 2.92. The number of hydrogen-bond acceptors (Lipinski definition) is 4. The molecule has 1 heterocycles. The van der Waals surface area contributed by atoms with Crippen LogP contribution in [0.5, 0.6) is 0 Å². The number of carbonyl (C=O) groups excluding carboxylic acids is 3. The van der Waals surface area contributed by atoms with Crippen LogP contribution in [0, 0.1) is 5.92 Å². The third-order valence-electron chi connectivity index (χ3n) is 4.13. The van der Waals surface area contributed by atoms with Crippen molar-refractivity contribution >= 4 is 18.3 Å². The van der Waals surface area contributed by atoms with Gasteiger partial charge in [0.15, 0.2) is 0 Å².